The SMILES string of the molecule is CC(CO)Sc1cc(Cl)ccc1/C(N)=N/O. The van der Waals surface area contributed by atoms with Gasteiger partial charge in [0.05, 0.1) is 6.61 Å². The van der Waals surface area contributed by atoms with Gasteiger partial charge in [-0.3, -0.25) is 0 Å². The third kappa shape index (κ3) is 3.30. The van der Waals surface area contributed by atoms with Crippen LogP contribution in [0.5, 0.6) is 0 Å². The Morgan fingerprint density at radius 2 is 2.31 bits per heavy atom. The van der Waals surface area contributed by atoms with Gasteiger partial charge in [0.15, 0.2) is 5.84 Å². The molecule has 0 bridgehead atoms. The number of hydrogen-bond donors (Lipinski definition) is 3. The summed E-state index contributed by atoms with van der Waals surface area (Å²) in [7, 11) is 0. The lowest BCUT2D eigenvalue weighted by molar-refractivity contribution is 0.300. The molecular weight excluding hydrogens is 248 g/mol. The minimum atomic E-state index is 0.0173. The Labute approximate surface area is 103 Å². The first kappa shape index (κ1) is 13.2. The van der Waals surface area contributed by atoms with Gasteiger partial charge in [0.1, 0.15) is 0 Å². The van der Waals surface area contributed by atoms with E-state index in [1.807, 2.05) is 6.92 Å². The van der Waals surface area contributed by atoms with Crippen LogP contribution in [0.1, 0.15) is 12.5 Å². The largest absolute Gasteiger partial charge is 0.409 e. The van der Waals surface area contributed by atoms with Crippen molar-refractivity contribution in [1.29, 1.82) is 0 Å². The van der Waals surface area contributed by atoms with Gasteiger partial charge in [0, 0.05) is 20.7 Å². The fourth-order valence-electron chi connectivity index (χ4n) is 1.11. The second-order valence-electron chi connectivity index (χ2n) is 3.24. The number of halogens is 1. The summed E-state index contributed by atoms with van der Waals surface area (Å²) < 4.78 is 0. The topological polar surface area (TPSA) is 78.8 Å². The molecule has 1 atom stereocenters. The molecule has 6 heteroatoms. The summed E-state index contributed by atoms with van der Waals surface area (Å²) in [5.41, 5.74) is 6.15. The van der Waals surface area contributed by atoms with Crippen molar-refractivity contribution in [2.75, 3.05) is 6.61 Å². The lowest BCUT2D eigenvalue weighted by atomic mass is 10.2. The first-order valence-electron chi connectivity index (χ1n) is 4.63. The van der Waals surface area contributed by atoms with Gasteiger partial charge < -0.3 is 16.0 Å². The van der Waals surface area contributed by atoms with Crippen LogP contribution in [0.2, 0.25) is 5.02 Å². The number of hydrogen-bond acceptors (Lipinski definition) is 4. The van der Waals surface area contributed by atoms with Crippen LogP contribution in [-0.4, -0.2) is 28.0 Å². The summed E-state index contributed by atoms with van der Waals surface area (Å²) in [6, 6.07) is 5.08. The molecule has 0 radical (unpaired) electrons. The highest BCUT2D eigenvalue weighted by Gasteiger charge is 2.11. The summed E-state index contributed by atoms with van der Waals surface area (Å²) in [6.07, 6.45) is 0. The highest BCUT2D eigenvalue weighted by atomic mass is 35.5. The lowest BCUT2D eigenvalue weighted by Gasteiger charge is -2.12. The molecule has 1 unspecified atom stereocenters. The first-order chi connectivity index (χ1) is 7.58. The van der Waals surface area contributed by atoms with Crippen LogP contribution < -0.4 is 5.73 Å². The van der Waals surface area contributed by atoms with Crippen molar-refractivity contribution < 1.29 is 10.3 Å². The number of amidine groups is 1. The summed E-state index contributed by atoms with van der Waals surface area (Å²) in [5, 5.41) is 21.2. The third-order valence-corrected chi connectivity index (χ3v) is 3.29. The fourth-order valence-corrected chi connectivity index (χ4v) is 2.35. The Balaban J connectivity index is 3.08. The van der Waals surface area contributed by atoms with Crippen LogP contribution in [0.25, 0.3) is 0 Å². The lowest BCUT2D eigenvalue weighted by Crippen LogP contribution is -2.15. The molecule has 0 aliphatic carbocycles. The van der Waals surface area contributed by atoms with Gasteiger partial charge in [-0.25, -0.2) is 0 Å². The molecule has 0 aromatic heterocycles. The second kappa shape index (κ2) is 5.98. The van der Waals surface area contributed by atoms with Crippen LogP contribution in [0.4, 0.5) is 0 Å². The molecule has 1 rings (SSSR count). The van der Waals surface area contributed by atoms with Crippen LogP contribution in [0, 0.1) is 0 Å². The second-order valence-corrected chi connectivity index (χ2v) is 5.15. The minimum absolute atomic E-state index is 0.0173. The van der Waals surface area contributed by atoms with E-state index >= 15 is 0 Å². The molecule has 88 valence electrons. The molecule has 0 aliphatic heterocycles. The van der Waals surface area contributed by atoms with Crippen molar-refractivity contribution in [3.63, 3.8) is 0 Å². The number of thioether (sulfide) groups is 1. The molecule has 4 nitrogen and oxygen atoms in total. The number of aliphatic hydroxyl groups excluding tert-OH is 1. The molecule has 0 aliphatic rings. The number of benzene rings is 1. The van der Waals surface area contributed by atoms with Crippen molar-refractivity contribution in [3.8, 4) is 0 Å². The maximum atomic E-state index is 8.99. The Kier molecular flexibility index (Phi) is 4.92. The molecule has 0 heterocycles. The van der Waals surface area contributed by atoms with E-state index in [2.05, 4.69) is 5.16 Å². The maximum absolute atomic E-state index is 8.99. The van der Waals surface area contributed by atoms with Crippen molar-refractivity contribution in [2.24, 2.45) is 10.9 Å². The van der Waals surface area contributed by atoms with E-state index in [1.54, 1.807) is 18.2 Å². The van der Waals surface area contributed by atoms with Gasteiger partial charge >= 0.3 is 0 Å². The average molecular weight is 261 g/mol. The predicted molar refractivity (Wildman–Crippen MR) is 66.4 cm³/mol. The van der Waals surface area contributed by atoms with Gasteiger partial charge in [0.25, 0.3) is 0 Å². The fraction of sp³-hybridized carbons (Fsp3) is 0.300. The monoisotopic (exact) mass is 260 g/mol. The average Bonchev–Trinajstić information content (AvgIpc) is 2.28. The normalized spacial score (nSPS) is 13.8. The van der Waals surface area contributed by atoms with Crippen molar-refractivity contribution in [1.82, 2.24) is 0 Å². The quantitative estimate of drug-likeness (QED) is 0.254. The van der Waals surface area contributed by atoms with Gasteiger partial charge in [-0.1, -0.05) is 23.7 Å². The molecule has 16 heavy (non-hydrogen) atoms. The summed E-state index contributed by atoms with van der Waals surface area (Å²) in [6.45, 7) is 1.93. The number of nitrogens with zero attached hydrogens (tertiary/aromatic N) is 1. The van der Waals surface area contributed by atoms with E-state index in [1.165, 1.54) is 11.8 Å². The van der Waals surface area contributed by atoms with Crippen LogP contribution in [-0.2, 0) is 0 Å². The summed E-state index contributed by atoms with van der Waals surface area (Å²) in [5.74, 6) is 0.0318. The van der Waals surface area contributed by atoms with Gasteiger partial charge in [-0.2, -0.15) is 0 Å². The van der Waals surface area contributed by atoms with Crippen molar-refractivity contribution in [2.45, 2.75) is 17.1 Å². The highest BCUT2D eigenvalue weighted by molar-refractivity contribution is 8.00. The zero-order chi connectivity index (χ0) is 12.1. The van der Waals surface area contributed by atoms with E-state index in [0.29, 0.717) is 10.6 Å². The Morgan fingerprint density at radius 1 is 1.62 bits per heavy atom. The molecule has 0 saturated carbocycles. The molecule has 1 aromatic carbocycles. The molecule has 0 spiro atoms. The number of oxime groups is 1. The molecule has 0 saturated heterocycles. The van der Waals surface area contributed by atoms with E-state index < -0.39 is 0 Å². The zero-order valence-electron chi connectivity index (χ0n) is 8.72. The van der Waals surface area contributed by atoms with E-state index in [-0.39, 0.29) is 17.7 Å². The van der Waals surface area contributed by atoms with Crippen LogP contribution in [0.3, 0.4) is 0 Å². The maximum Gasteiger partial charge on any atom is 0.171 e. The highest BCUT2D eigenvalue weighted by Crippen LogP contribution is 2.29. The zero-order valence-corrected chi connectivity index (χ0v) is 10.3. The van der Waals surface area contributed by atoms with Crippen LogP contribution >= 0.6 is 23.4 Å². The summed E-state index contributed by atoms with van der Waals surface area (Å²) >= 11 is 7.29. The standard InChI is InChI=1S/C10H13ClN2O2S/c1-6(5-14)16-9-4-7(11)2-3-8(9)10(12)13-15/h2-4,6,14-15H,5H2,1H3,(H2,12,13). The molecule has 1 aromatic rings. The van der Waals surface area contributed by atoms with E-state index in [4.69, 9.17) is 27.6 Å². The van der Waals surface area contributed by atoms with Crippen LogP contribution in [0.15, 0.2) is 28.3 Å². The summed E-state index contributed by atoms with van der Waals surface area (Å²) in [4.78, 5) is 0.782. The van der Waals surface area contributed by atoms with Gasteiger partial charge in [0.2, 0.25) is 0 Å². The van der Waals surface area contributed by atoms with Gasteiger partial charge in [-0.05, 0) is 18.2 Å². The number of nitrogens with two attached hydrogens (primary N) is 1. The van der Waals surface area contributed by atoms with Crippen molar-refractivity contribution in [3.05, 3.63) is 28.8 Å². The molecular formula is C10H13ClN2O2S. The first-order valence-corrected chi connectivity index (χ1v) is 5.89. The Bertz CT molecular complexity index is 398. The Hall–Kier alpha value is -0.910. The van der Waals surface area contributed by atoms with Gasteiger partial charge in [-0.15, -0.1) is 11.8 Å². The van der Waals surface area contributed by atoms with E-state index in [9.17, 15) is 0 Å². The molecule has 4 N–H and O–H groups in total. The van der Waals surface area contributed by atoms with E-state index in [0.717, 1.165) is 4.90 Å². The third-order valence-electron chi connectivity index (χ3n) is 1.91. The smallest absolute Gasteiger partial charge is 0.171 e. The predicted octanol–water partition coefficient (Wildman–Crippen LogP) is 1.91. The molecule has 0 fully saturated rings. The molecule has 0 amide bonds. The number of aliphatic hydroxyl groups is 1. The minimum Gasteiger partial charge on any atom is -0.409 e. The Morgan fingerprint density at radius 3 is 2.88 bits per heavy atom. The number of rotatable bonds is 4. The van der Waals surface area contributed by atoms with Crippen molar-refractivity contribution >= 4 is 29.2 Å².